The fourth-order valence-electron chi connectivity index (χ4n) is 4.33. The van der Waals surface area contributed by atoms with Crippen molar-refractivity contribution in [2.24, 2.45) is 7.05 Å². The molecule has 0 unspecified atom stereocenters. The van der Waals surface area contributed by atoms with Crippen molar-refractivity contribution < 1.29 is 9.59 Å². The van der Waals surface area contributed by atoms with E-state index in [1.54, 1.807) is 29.6 Å². The number of hydrogen-bond donors (Lipinski definition) is 0. The molecule has 5 rings (SSSR count). The first-order valence-electron chi connectivity index (χ1n) is 10.5. The van der Waals surface area contributed by atoms with Gasteiger partial charge in [0.05, 0.1) is 27.5 Å². The summed E-state index contributed by atoms with van der Waals surface area (Å²) in [4.78, 5) is 43.6. The quantitative estimate of drug-likeness (QED) is 0.318. The summed E-state index contributed by atoms with van der Waals surface area (Å²) in [6.07, 6.45) is 1.64. The van der Waals surface area contributed by atoms with Crippen molar-refractivity contribution in [2.45, 2.75) is 6.92 Å². The minimum Gasteiger partial charge on any atom is -0.304 e. The zero-order valence-corrected chi connectivity index (χ0v) is 20.2. The summed E-state index contributed by atoms with van der Waals surface area (Å²) in [6.45, 7) is 5.82. The van der Waals surface area contributed by atoms with Gasteiger partial charge < -0.3 is 4.90 Å². The molecule has 170 valence electrons. The SMILES string of the molecule is C=CCN1C(=O)/C(=C2\SC(=S)N(c3c(C)n(C)n(-c4ccccc4)c3=O)C2=O)c2ccccc21. The average Bonchev–Trinajstić information content (AvgIpc) is 3.36. The van der Waals surface area contributed by atoms with Crippen molar-refractivity contribution in [3.63, 3.8) is 0 Å². The molecule has 2 aliphatic heterocycles. The lowest BCUT2D eigenvalue weighted by Gasteiger charge is -2.14. The van der Waals surface area contributed by atoms with E-state index in [-0.39, 0.29) is 26.4 Å². The summed E-state index contributed by atoms with van der Waals surface area (Å²) < 4.78 is 3.41. The van der Waals surface area contributed by atoms with Crippen LogP contribution in [0.3, 0.4) is 0 Å². The molecule has 3 aromatic rings. The molecule has 1 saturated heterocycles. The summed E-state index contributed by atoms with van der Waals surface area (Å²) >= 11 is 6.60. The van der Waals surface area contributed by atoms with Crippen LogP contribution in [0.5, 0.6) is 0 Å². The number of benzene rings is 2. The molecule has 0 atom stereocenters. The number of amides is 2. The number of thiocarbonyl (C=S) groups is 1. The zero-order valence-electron chi connectivity index (χ0n) is 18.5. The molecule has 0 saturated carbocycles. The van der Waals surface area contributed by atoms with Gasteiger partial charge in [0.2, 0.25) is 0 Å². The Morgan fingerprint density at radius 3 is 2.38 bits per heavy atom. The number of fused-ring (bicyclic) bond motifs is 1. The standard InChI is InChI=1S/C25H20N4O3S2/c1-4-14-27-18-13-9-8-12-17(18)19(22(27)30)21-24(32)28(25(33)34-21)20-15(2)26(3)29(23(20)31)16-10-6-5-7-11-16/h4-13H,1,14H2,2-3H3/b21-19-. The third-order valence-corrected chi connectivity index (χ3v) is 7.35. The lowest BCUT2D eigenvalue weighted by atomic mass is 10.1. The Morgan fingerprint density at radius 2 is 1.68 bits per heavy atom. The van der Waals surface area contributed by atoms with Crippen LogP contribution in [0.15, 0.2) is 77.0 Å². The first-order valence-corrected chi connectivity index (χ1v) is 11.8. The van der Waals surface area contributed by atoms with Gasteiger partial charge in [-0.15, -0.1) is 6.58 Å². The molecule has 1 fully saturated rings. The number of nitrogens with zero attached hydrogens (tertiary/aromatic N) is 4. The Hall–Kier alpha value is -3.69. The molecular weight excluding hydrogens is 468 g/mol. The van der Waals surface area contributed by atoms with Crippen molar-refractivity contribution in [3.05, 3.63) is 93.8 Å². The first-order chi connectivity index (χ1) is 16.4. The molecular formula is C25H20N4O3S2. The molecule has 0 aliphatic carbocycles. The van der Waals surface area contributed by atoms with E-state index >= 15 is 0 Å². The van der Waals surface area contributed by atoms with E-state index in [2.05, 4.69) is 6.58 Å². The van der Waals surface area contributed by atoms with Crippen molar-refractivity contribution >= 4 is 57.1 Å². The number of thioether (sulfide) groups is 1. The molecule has 1 aromatic heterocycles. The van der Waals surface area contributed by atoms with Gasteiger partial charge in [0.15, 0.2) is 4.32 Å². The Balaban J connectivity index is 1.66. The van der Waals surface area contributed by atoms with Crippen LogP contribution in [-0.4, -0.2) is 32.0 Å². The molecule has 0 bridgehead atoms. The number of carbonyl (C=O) groups is 2. The Morgan fingerprint density at radius 1 is 1.00 bits per heavy atom. The van der Waals surface area contributed by atoms with Gasteiger partial charge in [-0.3, -0.25) is 24.0 Å². The highest BCUT2D eigenvalue weighted by Crippen LogP contribution is 2.45. The first kappa shape index (κ1) is 22.1. The molecule has 34 heavy (non-hydrogen) atoms. The molecule has 2 aromatic carbocycles. The van der Waals surface area contributed by atoms with Crippen LogP contribution in [0.1, 0.15) is 11.3 Å². The van der Waals surface area contributed by atoms with Gasteiger partial charge in [-0.25, -0.2) is 4.68 Å². The van der Waals surface area contributed by atoms with Crippen LogP contribution in [-0.2, 0) is 16.6 Å². The van der Waals surface area contributed by atoms with Crippen molar-refractivity contribution in [1.29, 1.82) is 0 Å². The molecule has 0 N–H and O–H groups in total. The maximum Gasteiger partial charge on any atom is 0.296 e. The van der Waals surface area contributed by atoms with E-state index in [4.69, 9.17) is 12.2 Å². The van der Waals surface area contributed by atoms with Gasteiger partial charge in [0, 0.05) is 19.2 Å². The van der Waals surface area contributed by atoms with E-state index in [0.29, 0.717) is 29.1 Å². The molecule has 3 heterocycles. The number of aromatic nitrogens is 2. The minimum atomic E-state index is -0.473. The Labute approximate surface area is 205 Å². The smallest absolute Gasteiger partial charge is 0.296 e. The lowest BCUT2D eigenvalue weighted by molar-refractivity contribution is -0.115. The van der Waals surface area contributed by atoms with Crippen LogP contribution in [0.25, 0.3) is 11.3 Å². The highest BCUT2D eigenvalue weighted by Gasteiger charge is 2.44. The van der Waals surface area contributed by atoms with Gasteiger partial charge in [-0.1, -0.05) is 66.5 Å². The fraction of sp³-hybridized carbons (Fsp3) is 0.120. The van der Waals surface area contributed by atoms with Crippen LogP contribution in [0.4, 0.5) is 11.4 Å². The highest BCUT2D eigenvalue weighted by molar-refractivity contribution is 8.27. The fourth-order valence-corrected chi connectivity index (χ4v) is 5.68. The molecule has 2 aliphatic rings. The van der Waals surface area contributed by atoms with Gasteiger partial charge in [-0.2, -0.15) is 0 Å². The van der Waals surface area contributed by atoms with Crippen molar-refractivity contribution in [2.75, 3.05) is 16.3 Å². The molecule has 0 spiro atoms. The van der Waals surface area contributed by atoms with E-state index in [1.807, 2.05) is 54.6 Å². The van der Waals surface area contributed by atoms with E-state index in [1.165, 1.54) is 9.58 Å². The van der Waals surface area contributed by atoms with Crippen LogP contribution < -0.4 is 15.4 Å². The van der Waals surface area contributed by atoms with E-state index in [0.717, 1.165) is 17.4 Å². The van der Waals surface area contributed by atoms with Gasteiger partial charge in [0.1, 0.15) is 5.69 Å². The van der Waals surface area contributed by atoms with Gasteiger partial charge >= 0.3 is 0 Å². The minimum absolute atomic E-state index is 0.186. The number of hydrogen-bond acceptors (Lipinski definition) is 5. The highest BCUT2D eigenvalue weighted by atomic mass is 32.2. The molecule has 2 amide bonds. The normalized spacial score (nSPS) is 17.6. The summed E-state index contributed by atoms with van der Waals surface area (Å²) in [5.41, 5.74) is 2.77. The summed E-state index contributed by atoms with van der Waals surface area (Å²) in [5, 5.41) is 0. The number of rotatable bonds is 4. The third-order valence-electron chi connectivity index (χ3n) is 5.98. The summed E-state index contributed by atoms with van der Waals surface area (Å²) in [5.74, 6) is -0.757. The number of carbonyl (C=O) groups excluding carboxylic acids is 2. The lowest BCUT2D eigenvalue weighted by Crippen LogP contribution is -2.33. The molecule has 0 radical (unpaired) electrons. The maximum atomic E-state index is 13.7. The molecule has 7 nitrogen and oxygen atoms in total. The average molecular weight is 489 g/mol. The maximum absolute atomic E-state index is 13.7. The monoisotopic (exact) mass is 488 g/mol. The second-order valence-corrected chi connectivity index (χ2v) is 9.49. The second-order valence-electron chi connectivity index (χ2n) is 7.84. The van der Waals surface area contributed by atoms with Gasteiger partial charge in [0.25, 0.3) is 17.4 Å². The molecule has 9 heteroatoms. The Kier molecular flexibility index (Phi) is 5.38. The number of para-hydroxylation sites is 2. The van der Waals surface area contributed by atoms with Crippen molar-refractivity contribution in [3.8, 4) is 5.69 Å². The Bertz CT molecular complexity index is 1480. The third kappa shape index (κ3) is 3.12. The van der Waals surface area contributed by atoms with Crippen LogP contribution in [0.2, 0.25) is 0 Å². The summed E-state index contributed by atoms with van der Waals surface area (Å²) in [7, 11) is 1.76. The predicted molar refractivity (Wildman–Crippen MR) is 139 cm³/mol. The van der Waals surface area contributed by atoms with Gasteiger partial charge in [-0.05, 0) is 25.1 Å². The van der Waals surface area contributed by atoms with Crippen LogP contribution in [0, 0.1) is 6.92 Å². The predicted octanol–water partition coefficient (Wildman–Crippen LogP) is 3.79. The number of anilines is 2. The van der Waals surface area contributed by atoms with Crippen LogP contribution >= 0.6 is 24.0 Å². The largest absolute Gasteiger partial charge is 0.304 e. The summed E-state index contributed by atoms with van der Waals surface area (Å²) in [6, 6.07) is 16.5. The zero-order chi connectivity index (χ0) is 24.1. The van der Waals surface area contributed by atoms with E-state index < -0.39 is 5.91 Å². The second kappa shape index (κ2) is 8.27. The topological polar surface area (TPSA) is 67.6 Å². The van der Waals surface area contributed by atoms with Crippen molar-refractivity contribution in [1.82, 2.24) is 9.36 Å². The van der Waals surface area contributed by atoms with E-state index in [9.17, 15) is 14.4 Å².